The van der Waals surface area contributed by atoms with E-state index in [1.807, 2.05) is 11.8 Å². The monoisotopic (exact) mass is 437 g/mol. The Balaban J connectivity index is 1.49. The van der Waals surface area contributed by atoms with Crippen LogP contribution < -0.4 is 27.0 Å². The molecule has 0 aromatic carbocycles. The predicted molar refractivity (Wildman–Crippen MR) is 121 cm³/mol. The lowest BCUT2D eigenvalue weighted by atomic mass is 10.0. The molecule has 166 valence electrons. The van der Waals surface area contributed by atoms with Gasteiger partial charge in [-0.3, -0.25) is 4.79 Å². The summed E-state index contributed by atoms with van der Waals surface area (Å²) in [6.07, 6.45) is 3.82. The highest BCUT2D eigenvalue weighted by atomic mass is 19.1. The van der Waals surface area contributed by atoms with Crippen molar-refractivity contribution in [2.75, 3.05) is 34.4 Å². The fraction of sp³-hybridized carbons (Fsp3) is 0.286. The molecule has 1 aliphatic heterocycles. The van der Waals surface area contributed by atoms with Gasteiger partial charge < -0.3 is 27.0 Å². The van der Waals surface area contributed by atoms with E-state index in [-0.39, 0.29) is 12.1 Å². The number of nitrogens with two attached hydrogens (primary N) is 2. The van der Waals surface area contributed by atoms with E-state index < -0.39 is 18.1 Å². The fourth-order valence-electron chi connectivity index (χ4n) is 3.52. The van der Waals surface area contributed by atoms with Crippen LogP contribution in [0.3, 0.4) is 0 Å². The number of nitrogens with zero attached hydrogens (tertiary/aromatic N) is 5. The zero-order chi connectivity index (χ0) is 22.7. The Hall–Kier alpha value is -4.02. The van der Waals surface area contributed by atoms with E-state index in [0.717, 1.165) is 5.69 Å². The van der Waals surface area contributed by atoms with Gasteiger partial charge in [0.05, 0.1) is 35.7 Å². The van der Waals surface area contributed by atoms with E-state index in [1.165, 1.54) is 6.20 Å². The van der Waals surface area contributed by atoms with E-state index in [2.05, 4.69) is 30.6 Å². The molecule has 4 rings (SSSR count). The van der Waals surface area contributed by atoms with Crippen molar-refractivity contribution in [3.8, 4) is 0 Å². The minimum Gasteiger partial charge on any atom is -0.397 e. The molecular weight excluding hydrogens is 413 g/mol. The number of pyridine rings is 2. The number of anilines is 5. The maximum Gasteiger partial charge on any atom is 0.252 e. The van der Waals surface area contributed by atoms with Gasteiger partial charge in [-0.25, -0.2) is 24.3 Å². The van der Waals surface area contributed by atoms with E-state index >= 15 is 4.39 Å². The lowest BCUT2D eigenvalue weighted by Crippen LogP contribution is -2.48. The first-order valence-corrected chi connectivity index (χ1v) is 10.1. The molecule has 1 amide bonds. The molecule has 0 unspecified atom stereocenters. The fourth-order valence-corrected chi connectivity index (χ4v) is 3.52. The highest BCUT2D eigenvalue weighted by molar-refractivity contribution is 5.98. The number of amides is 1. The number of carbonyl (C=O) groups excluding carboxylic acids is 1. The van der Waals surface area contributed by atoms with Gasteiger partial charge in [-0.05, 0) is 31.5 Å². The number of nitrogen functional groups attached to an aromatic ring is 1. The van der Waals surface area contributed by atoms with Crippen LogP contribution in [0.4, 0.5) is 33.3 Å². The lowest BCUT2D eigenvalue weighted by Gasteiger charge is -2.36. The molecule has 4 heterocycles. The molecule has 1 aliphatic rings. The van der Waals surface area contributed by atoms with Crippen LogP contribution in [-0.4, -0.2) is 51.1 Å². The first-order valence-electron chi connectivity index (χ1n) is 10.1. The van der Waals surface area contributed by atoms with Crippen molar-refractivity contribution < 1.29 is 9.18 Å². The third-order valence-electron chi connectivity index (χ3n) is 5.18. The van der Waals surface area contributed by atoms with Gasteiger partial charge in [0, 0.05) is 30.7 Å². The minimum atomic E-state index is -1.20. The summed E-state index contributed by atoms with van der Waals surface area (Å²) in [5.74, 6) is 0.786. The van der Waals surface area contributed by atoms with Crippen LogP contribution in [0, 0.1) is 6.92 Å². The number of rotatable bonds is 6. The van der Waals surface area contributed by atoms with Crippen LogP contribution in [0.2, 0.25) is 0 Å². The Kier molecular flexibility index (Phi) is 5.97. The Bertz CT molecular complexity index is 1110. The van der Waals surface area contributed by atoms with Crippen molar-refractivity contribution in [1.29, 1.82) is 0 Å². The number of nitrogens with one attached hydrogen (secondary N) is 2. The molecular formula is C21H24FN9O. The van der Waals surface area contributed by atoms with Crippen LogP contribution >= 0.6 is 0 Å². The molecule has 11 heteroatoms. The van der Waals surface area contributed by atoms with Gasteiger partial charge in [-0.15, -0.1) is 0 Å². The van der Waals surface area contributed by atoms with Crippen LogP contribution in [0.15, 0.2) is 42.9 Å². The molecule has 1 saturated heterocycles. The van der Waals surface area contributed by atoms with Gasteiger partial charge in [-0.2, -0.15) is 0 Å². The molecule has 1 fully saturated rings. The van der Waals surface area contributed by atoms with Gasteiger partial charge in [0.2, 0.25) is 5.95 Å². The lowest BCUT2D eigenvalue weighted by molar-refractivity contribution is 0.100. The summed E-state index contributed by atoms with van der Waals surface area (Å²) < 4.78 is 15.0. The molecule has 0 saturated carbocycles. The summed E-state index contributed by atoms with van der Waals surface area (Å²) in [6, 6.07) is 6.38. The van der Waals surface area contributed by atoms with E-state index in [0.29, 0.717) is 41.9 Å². The van der Waals surface area contributed by atoms with Gasteiger partial charge >= 0.3 is 0 Å². The van der Waals surface area contributed by atoms with Crippen molar-refractivity contribution in [3.63, 3.8) is 0 Å². The number of aromatic nitrogens is 4. The van der Waals surface area contributed by atoms with E-state index in [1.54, 1.807) is 36.7 Å². The van der Waals surface area contributed by atoms with Gasteiger partial charge in [0.15, 0.2) is 0 Å². The summed E-state index contributed by atoms with van der Waals surface area (Å²) >= 11 is 0. The van der Waals surface area contributed by atoms with Crippen LogP contribution in [0.1, 0.15) is 22.5 Å². The highest BCUT2D eigenvalue weighted by Gasteiger charge is 2.30. The summed E-state index contributed by atoms with van der Waals surface area (Å²) in [5.41, 5.74) is 13.1. The molecule has 0 bridgehead atoms. The first-order chi connectivity index (χ1) is 15.4. The Morgan fingerprint density at radius 2 is 2.06 bits per heavy atom. The smallest absolute Gasteiger partial charge is 0.252 e. The summed E-state index contributed by atoms with van der Waals surface area (Å²) in [6.45, 7) is 2.60. The molecule has 6 N–H and O–H groups in total. The third-order valence-corrected chi connectivity index (χ3v) is 5.18. The maximum atomic E-state index is 15.0. The average Bonchev–Trinajstić information content (AvgIpc) is 2.76. The Labute approximate surface area is 184 Å². The molecule has 32 heavy (non-hydrogen) atoms. The first kappa shape index (κ1) is 21.2. The van der Waals surface area contributed by atoms with Crippen molar-refractivity contribution >= 4 is 34.9 Å². The third kappa shape index (κ3) is 4.82. The van der Waals surface area contributed by atoms with Crippen LogP contribution in [0.25, 0.3) is 0 Å². The standard InChI is InChI=1S/C21H24FN9O/c1-12-4-6-25-21(28-12)30-18-8-17(14(10-26-18)20(24)32)29-16-5-7-31(11-15(16)22)19-3-2-13(23)9-27-19/h2-4,6,8-10,15-16H,5,7,11,23H2,1H3,(H2,24,32)(H2,25,26,28,29,30)/t15-,16+/m0/s1. The molecule has 0 spiro atoms. The zero-order valence-corrected chi connectivity index (χ0v) is 17.5. The van der Waals surface area contributed by atoms with Crippen LogP contribution in [-0.2, 0) is 0 Å². The number of hydrogen-bond donors (Lipinski definition) is 4. The SMILES string of the molecule is Cc1ccnc(Nc2cc(N[C@@H]3CCN(c4ccc(N)cn4)C[C@@H]3F)c(C(N)=O)cn2)n1. The largest absolute Gasteiger partial charge is 0.397 e. The van der Waals surface area contributed by atoms with Gasteiger partial charge in [0.25, 0.3) is 5.91 Å². The molecule has 2 atom stereocenters. The van der Waals surface area contributed by atoms with Gasteiger partial charge in [0.1, 0.15) is 17.8 Å². The predicted octanol–water partition coefficient (Wildman–Crippen LogP) is 2.03. The number of halogens is 1. The second kappa shape index (κ2) is 9.00. The molecule has 3 aromatic heterocycles. The second-order valence-corrected chi connectivity index (χ2v) is 7.58. The van der Waals surface area contributed by atoms with Crippen molar-refractivity contribution in [1.82, 2.24) is 19.9 Å². The zero-order valence-electron chi connectivity index (χ0n) is 17.5. The molecule has 0 radical (unpaired) electrons. The summed E-state index contributed by atoms with van der Waals surface area (Å²) in [5, 5.41) is 6.12. The van der Waals surface area contributed by atoms with Crippen molar-refractivity contribution in [2.24, 2.45) is 5.73 Å². The second-order valence-electron chi connectivity index (χ2n) is 7.58. The number of hydrogen-bond acceptors (Lipinski definition) is 9. The molecule has 3 aromatic rings. The topological polar surface area (TPSA) is 148 Å². The summed E-state index contributed by atoms with van der Waals surface area (Å²) in [4.78, 5) is 30.6. The number of piperidine rings is 1. The average molecular weight is 437 g/mol. The van der Waals surface area contributed by atoms with Crippen molar-refractivity contribution in [3.05, 3.63) is 54.1 Å². The van der Waals surface area contributed by atoms with Crippen LogP contribution in [0.5, 0.6) is 0 Å². The number of alkyl halides is 1. The van der Waals surface area contributed by atoms with E-state index in [4.69, 9.17) is 11.5 Å². The van der Waals surface area contributed by atoms with Gasteiger partial charge in [-0.1, -0.05) is 0 Å². The Morgan fingerprint density at radius 3 is 2.75 bits per heavy atom. The summed E-state index contributed by atoms with van der Waals surface area (Å²) in [7, 11) is 0. The van der Waals surface area contributed by atoms with Crippen molar-refractivity contribution in [2.45, 2.75) is 25.6 Å². The normalized spacial score (nSPS) is 18.2. The number of primary amides is 1. The Morgan fingerprint density at radius 1 is 1.22 bits per heavy atom. The minimum absolute atomic E-state index is 0.161. The molecule has 0 aliphatic carbocycles. The number of carbonyl (C=O) groups is 1. The maximum absolute atomic E-state index is 15.0. The highest BCUT2D eigenvalue weighted by Crippen LogP contribution is 2.26. The van der Waals surface area contributed by atoms with E-state index in [9.17, 15) is 4.79 Å². The quantitative estimate of drug-likeness (QED) is 0.454. The molecule has 10 nitrogen and oxygen atoms in total. The number of aryl methyl sites for hydroxylation is 1.